The smallest absolute Gasteiger partial charge is 0.341 e. The van der Waals surface area contributed by atoms with Gasteiger partial charge in [-0.25, -0.2) is 4.79 Å². The first kappa shape index (κ1) is 21.5. The lowest BCUT2D eigenvalue weighted by Crippen LogP contribution is -2.43. The molecule has 0 spiro atoms. The van der Waals surface area contributed by atoms with Crippen molar-refractivity contribution < 1.29 is 39.2 Å². The number of carboxylic acids is 2. The first-order valence-electron chi connectivity index (χ1n) is 8.16. The van der Waals surface area contributed by atoms with Crippen molar-refractivity contribution in [3.8, 4) is 5.75 Å². The van der Waals surface area contributed by atoms with Gasteiger partial charge >= 0.3 is 17.6 Å². The molecule has 0 saturated heterocycles. The molecule has 1 aliphatic rings. The molecule has 1 amide bonds. The third kappa shape index (κ3) is 4.55. The largest absolute Gasteiger partial charge is 0.481 e. The lowest BCUT2D eigenvalue weighted by molar-refractivity contribution is -0.394. The van der Waals surface area contributed by atoms with Gasteiger partial charge in [0, 0.05) is 18.5 Å². The molecule has 1 aromatic rings. The van der Waals surface area contributed by atoms with Crippen LogP contribution in [0.15, 0.2) is 6.07 Å². The number of amides is 1. The van der Waals surface area contributed by atoms with E-state index in [2.05, 4.69) is 0 Å². The van der Waals surface area contributed by atoms with Crippen LogP contribution in [0.2, 0.25) is 0 Å². The van der Waals surface area contributed by atoms with E-state index in [1.165, 1.54) is 0 Å². The van der Waals surface area contributed by atoms with Gasteiger partial charge in [-0.1, -0.05) is 0 Å². The number of aliphatic carboxylic acids is 2. The van der Waals surface area contributed by atoms with Gasteiger partial charge in [0.2, 0.25) is 11.7 Å². The van der Waals surface area contributed by atoms with Crippen molar-refractivity contribution >= 4 is 34.9 Å². The Morgan fingerprint density at radius 3 is 2.31 bits per heavy atom. The predicted molar refractivity (Wildman–Crippen MR) is 93.8 cm³/mol. The maximum Gasteiger partial charge on any atom is 0.341 e. The Kier molecular flexibility index (Phi) is 6.28. The molecule has 1 heterocycles. The maximum absolute atomic E-state index is 12.6. The van der Waals surface area contributed by atoms with Gasteiger partial charge in [-0.05, 0) is 12.8 Å². The summed E-state index contributed by atoms with van der Waals surface area (Å²) >= 11 is 0. The zero-order valence-electron chi connectivity index (χ0n) is 14.8. The number of hydrogen-bond donors (Lipinski definition) is 3. The third-order valence-corrected chi connectivity index (χ3v) is 4.15. The summed E-state index contributed by atoms with van der Waals surface area (Å²) in [6.45, 7) is -1.06. The SMILES string of the molecule is N[C@@H](CCC(=O)O)C(=O)N1CCc2c(OCC(=O)O)c([N+](=O)[O-])cc([N+](=O)[O-])c21. The summed E-state index contributed by atoms with van der Waals surface area (Å²) in [5.74, 6) is -3.88. The molecule has 29 heavy (non-hydrogen) atoms. The van der Waals surface area contributed by atoms with Gasteiger partial charge in [-0.2, -0.15) is 0 Å². The number of nitrogens with two attached hydrogens (primary N) is 1. The Labute approximate surface area is 161 Å². The number of carbonyl (C=O) groups excluding carboxylic acids is 1. The minimum absolute atomic E-state index is 0.0639. The number of ether oxygens (including phenoxy) is 1. The van der Waals surface area contributed by atoms with Crippen molar-refractivity contribution in [3.63, 3.8) is 0 Å². The average Bonchev–Trinajstić information content (AvgIpc) is 3.07. The predicted octanol–water partition coefficient (Wildman–Crippen LogP) is 0.0476. The molecule has 0 fully saturated rings. The van der Waals surface area contributed by atoms with E-state index in [4.69, 9.17) is 20.7 Å². The second-order valence-corrected chi connectivity index (χ2v) is 6.05. The van der Waals surface area contributed by atoms with Crippen LogP contribution in [0, 0.1) is 20.2 Å². The van der Waals surface area contributed by atoms with Crippen LogP contribution in [0.5, 0.6) is 5.75 Å². The second-order valence-electron chi connectivity index (χ2n) is 6.05. The van der Waals surface area contributed by atoms with Gasteiger partial charge in [-0.3, -0.25) is 29.8 Å². The van der Waals surface area contributed by atoms with Crippen LogP contribution < -0.4 is 15.4 Å². The Hall–Kier alpha value is -3.81. The summed E-state index contributed by atoms with van der Waals surface area (Å²) in [4.78, 5) is 55.9. The number of carbonyl (C=O) groups is 3. The summed E-state index contributed by atoms with van der Waals surface area (Å²) in [7, 11) is 0. The van der Waals surface area contributed by atoms with E-state index in [0.717, 1.165) is 4.90 Å². The molecule has 0 bridgehead atoms. The maximum atomic E-state index is 12.6. The van der Waals surface area contributed by atoms with Crippen LogP contribution in [0.3, 0.4) is 0 Å². The molecule has 14 heteroatoms. The lowest BCUT2D eigenvalue weighted by atomic mass is 10.1. The molecule has 156 valence electrons. The number of nitro groups is 2. The summed E-state index contributed by atoms with van der Waals surface area (Å²) < 4.78 is 4.99. The molecule has 4 N–H and O–H groups in total. The van der Waals surface area contributed by atoms with Crippen molar-refractivity contribution in [1.29, 1.82) is 0 Å². The topological polar surface area (TPSA) is 216 Å². The van der Waals surface area contributed by atoms with Crippen LogP contribution in [-0.2, 0) is 20.8 Å². The Bertz CT molecular complexity index is 900. The zero-order chi connectivity index (χ0) is 21.9. The van der Waals surface area contributed by atoms with E-state index in [1.54, 1.807) is 0 Å². The summed E-state index contributed by atoms with van der Waals surface area (Å²) in [6, 6.07) is -0.681. The first-order chi connectivity index (χ1) is 13.5. The van der Waals surface area contributed by atoms with Gasteiger partial charge < -0.3 is 25.6 Å². The van der Waals surface area contributed by atoms with Crippen molar-refractivity contribution in [1.82, 2.24) is 0 Å². The number of nitrogens with zero attached hydrogens (tertiary/aromatic N) is 3. The highest BCUT2D eigenvalue weighted by Crippen LogP contribution is 2.47. The minimum atomic E-state index is -1.42. The number of anilines is 1. The van der Waals surface area contributed by atoms with Gasteiger partial charge in [0.1, 0.15) is 11.8 Å². The van der Waals surface area contributed by atoms with Crippen LogP contribution >= 0.6 is 0 Å². The lowest BCUT2D eigenvalue weighted by Gasteiger charge is -2.21. The average molecular weight is 412 g/mol. The Morgan fingerprint density at radius 1 is 1.17 bits per heavy atom. The second kappa shape index (κ2) is 8.47. The highest BCUT2D eigenvalue weighted by molar-refractivity contribution is 6.02. The molecule has 0 saturated carbocycles. The van der Waals surface area contributed by atoms with E-state index >= 15 is 0 Å². The highest BCUT2D eigenvalue weighted by Gasteiger charge is 2.40. The van der Waals surface area contributed by atoms with E-state index < -0.39 is 63.9 Å². The van der Waals surface area contributed by atoms with E-state index in [0.29, 0.717) is 6.07 Å². The van der Waals surface area contributed by atoms with Crippen molar-refractivity contribution in [2.24, 2.45) is 5.73 Å². The first-order valence-corrected chi connectivity index (χ1v) is 8.16. The summed E-state index contributed by atoms with van der Waals surface area (Å²) in [6.07, 6.45) is -0.698. The van der Waals surface area contributed by atoms with Gasteiger partial charge in [0.15, 0.2) is 6.61 Å². The van der Waals surface area contributed by atoms with E-state index in [9.17, 15) is 34.6 Å². The van der Waals surface area contributed by atoms with Crippen LogP contribution in [0.25, 0.3) is 0 Å². The Balaban J connectivity index is 2.54. The van der Waals surface area contributed by atoms with Gasteiger partial charge in [-0.15, -0.1) is 0 Å². The molecule has 1 atom stereocenters. The van der Waals surface area contributed by atoms with Gasteiger partial charge in [0.05, 0.1) is 15.9 Å². The zero-order valence-corrected chi connectivity index (χ0v) is 14.8. The molecule has 1 aliphatic heterocycles. The molecule has 0 unspecified atom stereocenters. The van der Waals surface area contributed by atoms with Crippen LogP contribution in [0.4, 0.5) is 17.1 Å². The molecule has 0 aromatic heterocycles. The van der Waals surface area contributed by atoms with Crippen LogP contribution in [0.1, 0.15) is 18.4 Å². The molecular weight excluding hydrogens is 396 g/mol. The van der Waals surface area contributed by atoms with Gasteiger partial charge in [0.25, 0.3) is 5.69 Å². The van der Waals surface area contributed by atoms with Crippen molar-refractivity contribution in [2.45, 2.75) is 25.3 Å². The number of rotatable bonds is 9. The number of nitro benzene ring substituents is 2. The molecule has 0 aliphatic carbocycles. The highest BCUT2D eigenvalue weighted by atomic mass is 16.6. The number of hydrogen-bond acceptors (Lipinski definition) is 9. The monoisotopic (exact) mass is 412 g/mol. The summed E-state index contributed by atoms with van der Waals surface area (Å²) in [5, 5.41) is 40.3. The molecular formula is C15H16N4O10. The quantitative estimate of drug-likeness (QED) is 0.363. The van der Waals surface area contributed by atoms with E-state index in [1.807, 2.05) is 0 Å². The van der Waals surface area contributed by atoms with Crippen molar-refractivity contribution in [2.75, 3.05) is 18.1 Å². The molecule has 2 rings (SSSR count). The molecule has 0 radical (unpaired) electrons. The fourth-order valence-corrected chi connectivity index (χ4v) is 2.94. The Morgan fingerprint density at radius 2 is 1.79 bits per heavy atom. The molecule has 1 aromatic carbocycles. The number of benzene rings is 1. The third-order valence-electron chi connectivity index (χ3n) is 4.15. The van der Waals surface area contributed by atoms with E-state index in [-0.39, 0.29) is 30.6 Å². The van der Waals surface area contributed by atoms with Crippen molar-refractivity contribution in [3.05, 3.63) is 31.9 Å². The van der Waals surface area contributed by atoms with Crippen LogP contribution in [-0.4, -0.2) is 57.1 Å². The summed E-state index contributed by atoms with van der Waals surface area (Å²) in [5.41, 5.74) is 3.81. The fourth-order valence-electron chi connectivity index (χ4n) is 2.94. The standard InChI is InChI=1S/C15H16N4O10/c16-8(1-2-11(20)21)15(24)17-4-3-7-13(17)9(18(25)26)5-10(19(27)28)14(7)29-6-12(22)23/h5,8H,1-4,6,16H2,(H,20,21)(H,22,23)/t8-/m0/s1. The molecule has 14 nitrogen and oxygen atoms in total. The normalized spacial score (nSPS) is 13.5. The fraction of sp³-hybridized carbons (Fsp3) is 0.400. The number of fused-ring (bicyclic) bond motifs is 1. The minimum Gasteiger partial charge on any atom is -0.481 e. The number of carboxylic acid groups (broad SMARTS) is 2.